The van der Waals surface area contributed by atoms with Crippen LogP contribution in [0.25, 0.3) is 11.4 Å². The smallest absolute Gasteiger partial charge is 0.416 e. The Morgan fingerprint density at radius 3 is 2.60 bits per heavy atom. The molecular formula is C19H15F3N6OS. The molecule has 11 heteroatoms. The van der Waals surface area contributed by atoms with Crippen molar-refractivity contribution in [3.05, 3.63) is 72.3 Å². The number of hydrogen-bond donors (Lipinski definition) is 0. The summed E-state index contributed by atoms with van der Waals surface area (Å²) in [6.45, 7) is 0. The Morgan fingerprint density at radius 2 is 1.87 bits per heavy atom. The van der Waals surface area contributed by atoms with Gasteiger partial charge in [0.1, 0.15) is 5.75 Å². The molecule has 30 heavy (non-hydrogen) atoms. The summed E-state index contributed by atoms with van der Waals surface area (Å²) in [5.41, 5.74) is 0.604. The molecule has 0 amide bonds. The van der Waals surface area contributed by atoms with Gasteiger partial charge in [-0.25, -0.2) is 4.98 Å². The average Bonchev–Trinajstić information content (AvgIpc) is 3.41. The fourth-order valence-electron chi connectivity index (χ4n) is 2.77. The highest BCUT2D eigenvalue weighted by Crippen LogP contribution is 2.30. The molecular weight excluding hydrogens is 417 g/mol. The van der Waals surface area contributed by atoms with Crippen molar-refractivity contribution in [1.29, 1.82) is 0 Å². The van der Waals surface area contributed by atoms with E-state index in [9.17, 15) is 13.2 Å². The fraction of sp³-hybridized carbons (Fsp3) is 0.158. The lowest BCUT2D eigenvalue weighted by atomic mass is 10.2. The molecule has 4 rings (SSSR count). The third-order valence-corrected chi connectivity index (χ3v) is 5.20. The molecule has 0 atom stereocenters. The van der Waals surface area contributed by atoms with Gasteiger partial charge in [-0.05, 0) is 46.8 Å². The van der Waals surface area contributed by atoms with Crippen LogP contribution in [-0.2, 0) is 11.9 Å². The summed E-state index contributed by atoms with van der Waals surface area (Å²) in [6.07, 6.45) is -0.883. The van der Waals surface area contributed by atoms with E-state index in [0.29, 0.717) is 22.4 Å². The first-order valence-corrected chi connectivity index (χ1v) is 9.70. The second-order valence-corrected chi connectivity index (χ2v) is 7.06. The van der Waals surface area contributed by atoms with Gasteiger partial charge in [-0.2, -0.15) is 17.9 Å². The molecule has 7 nitrogen and oxygen atoms in total. The summed E-state index contributed by atoms with van der Waals surface area (Å²) in [4.78, 5) is 4.37. The monoisotopic (exact) mass is 432 g/mol. The molecule has 0 fully saturated rings. The van der Waals surface area contributed by atoms with Crippen LogP contribution in [0.4, 0.5) is 13.2 Å². The van der Waals surface area contributed by atoms with Gasteiger partial charge in [-0.15, -0.1) is 5.10 Å². The Labute approximate surface area is 173 Å². The van der Waals surface area contributed by atoms with Gasteiger partial charge in [0.25, 0.3) is 0 Å². The number of imidazole rings is 1. The van der Waals surface area contributed by atoms with Crippen molar-refractivity contribution in [1.82, 2.24) is 29.8 Å². The molecule has 0 saturated heterocycles. The first-order valence-electron chi connectivity index (χ1n) is 8.71. The number of rotatable bonds is 6. The van der Waals surface area contributed by atoms with Crippen LogP contribution in [0.15, 0.2) is 66.1 Å². The van der Waals surface area contributed by atoms with Crippen molar-refractivity contribution in [2.45, 2.75) is 17.1 Å². The Morgan fingerprint density at radius 1 is 1.07 bits per heavy atom. The molecule has 0 unspecified atom stereocenters. The van der Waals surface area contributed by atoms with Crippen LogP contribution in [0.1, 0.15) is 11.4 Å². The van der Waals surface area contributed by atoms with E-state index in [2.05, 4.69) is 20.5 Å². The van der Waals surface area contributed by atoms with E-state index in [4.69, 9.17) is 4.74 Å². The summed E-state index contributed by atoms with van der Waals surface area (Å²) < 4.78 is 46.9. The van der Waals surface area contributed by atoms with Crippen molar-refractivity contribution < 1.29 is 17.9 Å². The van der Waals surface area contributed by atoms with Crippen LogP contribution < -0.4 is 4.74 Å². The number of nitrogens with zero attached hydrogens (tertiary/aromatic N) is 6. The maximum absolute atomic E-state index is 12.8. The number of hydrogen-bond acceptors (Lipinski definition) is 6. The second-order valence-electron chi connectivity index (χ2n) is 6.12. The van der Waals surface area contributed by atoms with Gasteiger partial charge in [-0.1, -0.05) is 17.8 Å². The van der Waals surface area contributed by atoms with Crippen molar-refractivity contribution >= 4 is 11.8 Å². The molecule has 4 aromatic rings. The number of tetrazole rings is 1. The van der Waals surface area contributed by atoms with Crippen LogP contribution in [0, 0.1) is 0 Å². The summed E-state index contributed by atoms with van der Waals surface area (Å²) in [5.74, 6) is 1.58. The highest BCUT2D eigenvalue weighted by molar-refractivity contribution is 7.98. The topological polar surface area (TPSA) is 70.7 Å². The van der Waals surface area contributed by atoms with Gasteiger partial charge in [-0.3, -0.25) is 4.57 Å². The van der Waals surface area contributed by atoms with E-state index >= 15 is 0 Å². The lowest BCUT2D eigenvalue weighted by Crippen LogP contribution is -2.07. The third-order valence-electron chi connectivity index (χ3n) is 4.24. The summed E-state index contributed by atoms with van der Waals surface area (Å²) in [7, 11) is 1.60. The predicted octanol–water partition coefficient (Wildman–Crippen LogP) is 4.17. The molecule has 154 valence electrons. The van der Waals surface area contributed by atoms with Gasteiger partial charge < -0.3 is 4.74 Å². The first kappa shape index (κ1) is 20.0. The second kappa shape index (κ2) is 8.19. The molecule has 0 aliphatic heterocycles. The maximum Gasteiger partial charge on any atom is 0.416 e. The quantitative estimate of drug-likeness (QED) is 0.426. The van der Waals surface area contributed by atoms with Gasteiger partial charge in [0.2, 0.25) is 0 Å². The van der Waals surface area contributed by atoms with Crippen LogP contribution in [0.5, 0.6) is 5.75 Å². The standard InChI is InChI=1S/C19H15F3N6OS/c1-29-16-4-2-3-15(11-16)27-10-9-23-18(27)30-12-17-24-25-26-28(17)14-7-5-13(6-8-14)19(20,21)22/h2-11H,12H2,1H3. The molecule has 0 saturated carbocycles. The first-order chi connectivity index (χ1) is 14.5. The Hall–Kier alpha value is -3.34. The van der Waals surface area contributed by atoms with E-state index in [-0.39, 0.29) is 0 Å². The number of thioether (sulfide) groups is 1. The van der Waals surface area contributed by atoms with Crippen molar-refractivity contribution in [2.24, 2.45) is 0 Å². The number of ether oxygens (including phenoxy) is 1. The maximum atomic E-state index is 12.8. The SMILES string of the molecule is COc1cccc(-n2ccnc2SCc2nnnn2-c2ccc(C(F)(F)F)cc2)c1. The average molecular weight is 432 g/mol. The molecule has 2 aromatic heterocycles. The Balaban J connectivity index is 1.53. The number of methoxy groups -OCH3 is 1. The van der Waals surface area contributed by atoms with E-state index in [0.717, 1.165) is 23.6 Å². The lowest BCUT2D eigenvalue weighted by Gasteiger charge is -2.10. The number of halogens is 3. The van der Waals surface area contributed by atoms with Gasteiger partial charge in [0, 0.05) is 18.5 Å². The minimum Gasteiger partial charge on any atom is -0.497 e. The lowest BCUT2D eigenvalue weighted by molar-refractivity contribution is -0.137. The van der Waals surface area contributed by atoms with E-state index in [1.807, 2.05) is 35.0 Å². The highest BCUT2D eigenvalue weighted by Gasteiger charge is 2.30. The number of aromatic nitrogens is 6. The molecule has 0 aliphatic rings. The zero-order chi connectivity index (χ0) is 21.1. The van der Waals surface area contributed by atoms with Gasteiger partial charge >= 0.3 is 6.18 Å². The normalized spacial score (nSPS) is 11.6. The van der Waals surface area contributed by atoms with Crippen LogP contribution in [-0.4, -0.2) is 36.9 Å². The van der Waals surface area contributed by atoms with E-state index in [1.165, 1.54) is 28.6 Å². The molecule has 2 heterocycles. The Kier molecular flexibility index (Phi) is 5.44. The zero-order valence-electron chi connectivity index (χ0n) is 15.6. The molecule has 0 aliphatic carbocycles. The van der Waals surface area contributed by atoms with Crippen LogP contribution >= 0.6 is 11.8 Å². The van der Waals surface area contributed by atoms with E-state index in [1.54, 1.807) is 13.3 Å². The van der Waals surface area contributed by atoms with E-state index < -0.39 is 11.7 Å². The molecule has 0 radical (unpaired) electrons. The zero-order valence-corrected chi connectivity index (χ0v) is 16.4. The highest BCUT2D eigenvalue weighted by atomic mass is 32.2. The molecule has 0 N–H and O–H groups in total. The van der Waals surface area contributed by atoms with Gasteiger partial charge in [0.15, 0.2) is 11.0 Å². The largest absolute Gasteiger partial charge is 0.497 e. The molecule has 0 spiro atoms. The summed E-state index contributed by atoms with van der Waals surface area (Å²) in [5, 5.41) is 12.3. The predicted molar refractivity (Wildman–Crippen MR) is 104 cm³/mol. The Bertz CT molecular complexity index is 1140. The third kappa shape index (κ3) is 4.15. The summed E-state index contributed by atoms with van der Waals surface area (Å²) in [6, 6.07) is 12.2. The van der Waals surface area contributed by atoms with Gasteiger partial charge in [0.05, 0.1) is 29.8 Å². The molecule has 2 aromatic carbocycles. The van der Waals surface area contributed by atoms with Crippen LogP contribution in [0.2, 0.25) is 0 Å². The van der Waals surface area contributed by atoms with Crippen molar-refractivity contribution in [3.63, 3.8) is 0 Å². The molecule has 0 bridgehead atoms. The van der Waals surface area contributed by atoms with Crippen LogP contribution in [0.3, 0.4) is 0 Å². The van der Waals surface area contributed by atoms with Crippen molar-refractivity contribution in [2.75, 3.05) is 7.11 Å². The summed E-state index contributed by atoms with van der Waals surface area (Å²) >= 11 is 1.40. The minimum atomic E-state index is -4.39. The number of benzene rings is 2. The van der Waals surface area contributed by atoms with Crippen molar-refractivity contribution in [3.8, 4) is 17.1 Å². The fourth-order valence-corrected chi connectivity index (χ4v) is 3.65. The minimum absolute atomic E-state index is 0.370. The number of alkyl halides is 3.